The van der Waals surface area contributed by atoms with Crippen molar-refractivity contribution in [1.82, 2.24) is 15.2 Å². The number of benzene rings is 1. The number of nitrogens with one attached hydrogen (secondary N) is 1. The lowest BCUT2D eigenvalue weighted by molar-refractivity contribution is -0.131. The number of aromatic nitrogens is 1. The fourth-order valence-corrected chi connectivity index (χ4v) is 2.73. The maximum atomic E-state index is 12.2. The molecule has 1 aliphatic rings. The highest BCUT2D eigenvalue weighted by atomic mass is 35.5. The summed E-state index contributed by atoms with van der Waals surface area (Å²) in [7, 11) is 1.88. The van der Waals surface area contributed by atoms with Gasteiger partial charge in [-0.05, 0) is 13.0 Å². The van der Waals surface area contributed by atoms with Crippen LogP contribution < -0.4 is 5.32 Å². The minimum Gasteiger partial charge on any atom is -0.441 e. The lowest BCUT2D eigenvalue weighted by Crippen LogP contribution is -2.38. The van der Waals surface area contributed by atoms with Gasteiger partial charge in [0.15, 0.2) is 11.7 Å². The van der Waals surface area contributed by atoms with Gasteiger partial charge in [0.2, 0.25) is 5.91 Å². The Kier molecular flexibility index (Phi) is 8.25. The Hall–Kier alpha value is -1.56. The molecule has 0 bridgehead atoms. The molecule has 2 aromatic rings. The molecule has 0 radical (unpaired) electrons. The van der Waals surface area contributed by atoms with E-state index in [1.807, 2.05) is 42.3 Å². The van der Waals surface area contributed by atoms with E-state index >= 15 is 0 Å². The SMILES string of the molecule is CN(C(=O)CCc1ncc(-c2ccccc2)o1)C1CCNC1.Cl.Cl. The van der Waals surface area contributed by atoms with E-state index in [0.717, 1.165) is 30.8 Å². The van der Waals surface area contributed by atoms with E-state index in [0.29, 0.717) is 24.8 Å². The molecule has 132 valence electrons. The Morgan fingerprint density at radius 1 is 1.33 bits per heavy atom. The first kappa shape index (κ1) is 20.5. The van der Waals surface area contributed by atoms with Crippen LogP contribution in [-0.2, 0) is 11.2 Å². The van der Waals surface area contributed by atoms with Gasteiger partial charge in [-0.15, -0.1) is 24.8 Å². The van der Waals surface area contributed by atoms with E-state index in [4.69, 9.17) is 4.42 Å². The van der Waals surface area contributed by atoms with Crippen molar-refractivity contribution < 1.29 is 9.21 Å². The van der Waals surface area contributed by atoms with Crippen molar-refractivity contribution in [1.29, 1.82) is 0 Å². The fourth-order valence-electron chi connectivity index (χ4n) is 2.73. The monoisotopic (exact) mass is 371 g/mol. The molecule has 1 atom stereocenters. The first-order valence-electron chi connectivity index (χ1n) is 7.70. The molecule has 1 aliphatic heterocycles. The van der Waals surface area contributed by atoms with Gasteiger partial charge in [-0.2, -0.15) is 0 Å². The van der Waals surface area contributed by atoms with Crippen LogP contribution in [0, 0.1) is 0 Å². The molecule has 3 rings (SSSR count). The lowest BCUT2D eigenvalue weighted by Gasteiger charge is -2.23. The number of halogens is 2. The summed E-state index contributed by atoms with van der Waals surface area (Å²) in [6.07, 6.45) is 3.72. The molecule has 1 N–H and O–H groups in total. The summed E-state index contributed by atoms with van der Waals surface area (Å²) in [5.74, 6) is 1.51. The summed E-state index contributed by atoms with van der Waals surface area (Å²) in [6.45, 7) is 1.88. The van der Waals surface area contributed by atoms with Gasteiger partial charge in [0.25, 0.3) is 0 Å². The third-order valence-corrected chi connectivity index (χ3v) is 4.14. The molecule has 1 amide bonds. The summed E-state index contributed by atoms with van der Waals surface area (Å²) in [6, 6.07) is 10.2. The number of oxazole rings is 1. The third kappa shape index (κ3) is 4.97. The van der Waals surface area contributed by atoms with Gasteiger partial charge in [-0.3, -0.25) is 4.79 Å². The number of rotatable bonds is 5. The van der Waals surface area contributed by atoms with Gasteiger partial charge in [-0.25, -0.2) is 4.98 Å². The highest BCUT2D eigenvalue weighted by Gasteiger charge is 2.23. The van der Waals surface area contributed by atoms with Crippen molar-refractivity contribution in [3.63, 3.8) is 0 Å². The maximum absolute atomic E-state index is 12.2. The number of likely N-dealkylation sites (N-methyl/N-ethyl adjacent to an activating group) is 1. The molecular formula is C17H23Cl2N3O2. The van der Waals surface area contributed by atoms with Crippen LogP contribution in [0.4, 0.5) is 0 Å². The zero-order chi connectivity index (χ0) is 15.4. The molecule has 1 fully saturated rings. The zero-order valence-electron chi connectivity index (χ0n) is 13.6. The minimum atomic E-state index is 0. The number of hydrogen-bond donors (Lipinski definition) is 1. The van der Waals surface area contributed by atoms with Crippen molar-refractivity contribution in [2.24, 2.45) is 0 Å². The summed E-state index contributed by atoms with van der Waals surface area (Å²) in [5.41, 5.74) is 1.00. The van der Waals surface area contributed by atoms with Gasteiger partial charge >= 0.3 is 0 Å². The molecular weight excluding hydrogens is 349 g/mol. The van der Waals surface area contributed by atoms with Crippen LogP contribution in [-0.4, -0.2) is 42.0 Å². The van der Waals surface area contributed by atoms with E-state index in [9.17, 15) is 4.79 Å². The first-order chi connectivity index (χ1) is 10.7. The smallest absolute Gasteiger partial charge is 0.223 e. The molecule has 2 heterocycles. The topological polar surface area (TPSA) is 58.4 Å². The van der Waals surface area contributed by atoms with Crippen molar-refractivity contribution in [2.75, 3.05) is 20.1 Å². The van der Waals surface area contributed by atoms with Gasteiger partial charge < -0.3 is 14.6 Å². The molecule has 0 saturated carbocycles. The van der Waals surface area contributed by atoms with E-state index in [2.05, 4.69) is 10.3 Å². The molecule has 5 nitrogen and oxygen atoms in total. The molecule has 1 aromatic heterocycles. The van der Waals surface area contributed by atoms with Crippen LogP contribution in [0.3, 0.4) is 0 Å². The number of aryl methyl sites for hydroxylation is 1. The quantitative estimate of drug-likeness (QED) is 0.877. The van der Waals surface area contributed by atoms with Crippen molar-refractivity contribution in [2.45, 2.75) is 25.3 Å². The van der Waals surface area contributed by atoms with Crippen LogP contribution in [0.15, 0.2) is 40.9 Å². The summed E-state index contributed by atoms with van der Waals surface area (Å²) in [4.78, 5) is 18.3. The van der Waals surface area contributed by atoms with Gasteiger partial charge in [0.1, 0.15) is 0 Å². The van der Waals surface area contributed by atoms with Gasteiger partial charge in [-0.1, -0.05) is 30.3 Å². The number of carbonyl (C=O) groups excluding carboxylic acids is 1. The molecule has 0 spiro atoms. The van der Waals surface area contributed by atoms with Crippen LogP contribution >= 0.6 is 24.8 Å². The van der Waals surface area contributed by atoms with Crippen molar-refractivity contribution in [3.8, 4) is 11.3 Å². The maximum Gasteiger partial charge on any atom is 0.223 e. The van der Waals surface area contributed by atoms with Crippen LogP contribution in [0.1, 0.15) is 18.7 Å². The first-order valence-corrected chi connectivity index (χ1v) is 7.70. The second kappa shape index (κ2) is 9.67. The predicted molar refractivity (Wildman–Crippen MR) is 98.8 cm³/mol. The Labute approximate surface area is 154 Å². The molecule has 0 aliphatic carbocycles. The molecule has 1 aromatic carbocycles. The Bertz CT molecular complexity index is 628. The van der Waals surface area contributed by atoms with Gasteiger partial charge in [0.05, 0.1) is 6.20 Å². The Morgan fingerprint density at radius 2 is 2.08 bits per heavy atom. The second-order valence-corrected chi connectivity index (χ2v) is 5.64. The fraction of sp³-hybridized carbons (Fsp3) is 0.412. The van der Waals surface area contributed by atoms with Crippen LogP contribution in [0.5, 0.6) is 0 Å². The summed E-state index contributed by atoms with van der Waals surface area (Å²) in [5, 5.41) is 3.28. The standard InChI is InChI=1S/C17H21N3O2.2ClH/c1-20(14-9-10-18-11-14)17(21)8-7-16-19-12-15(22-16)13-5-3-2-4-6-13;;/h2-6,12,14,18H,7-11H2,1H3;2*1H. The number of hydrogen-bond acceptors (Lipinski definition) is 4. The molecule has 24 heavy (non-hydrogen) atoms. The average Bonchev–Trinajstić information content (AvgIpc) is 3.24. The Morgan fingerprint density at radius 3 is 2.75 bits per heavy atom. The largest absolute Gasteiger partial charge is 0.441 e. The van der Waals surface area contributed by atoms with E-state index in [-0.39, 0.29) is 30.7 Å². The van der Waals surface area contributed by atoms with E-state index in [1.54, 1.807) is 6.20 Å². The lowest BCUT2D eigenvalue weighted by atomic mass is 10.2. The van der Waals surface area contributed by atoms with Crippen molar-refractivity contribution in [3.05, 3.63) is 42.4 Å². The number of nitrogens with zero attached hydrogens (tertiary/aromatic N) is 2. The number of carbonyl (C=O) groups is 1. The zero-order valence-corrected chi connectivity index (χ0v) is 15.2. The number of amides is 1. The second-order valence-electron chi connectivity index (χ2n) is 5.64. The highest BCUT2D eigenvalue weighted by molar-refractivity contribution is 5.85. The van der Waals surface area contributed by atoms with Gasteiger partial charge in [0, 0.05) is 38.0 Å². The van der Waals surface area contributed by atoms with Crippen LogP contribution in [0.25, 0.3) is 11.3 Å². The van der Waals surface area contributed by atoms with Crippen molar-refractivity contribution >= 4 is 30.7 Å². The molecule has 1 unspecified atom stereocenters. The third-order valence-electron chi connectivity index (χ3n) is 4.14. The highest BCUT2D eigenvalue weighted by Crippen LogP contribution is 2.20. The summed E-state index contributed by atoms with van der Waals surface area (Å²) >= 11 is 0. The van der Waals surface area contributed by atoms with E-state index in [1.165, 1.54) is 0 Å². The van der Waals surface area contributed by atoms with E-state index < -0.39 is 0 Å². The molecule has 7 heteroatoms. The predicted octanol–water partition coefficient (Wildman–Crippen LogP) is 2.94. The minimum absolute atomic E-state index is 0. The summed E-state index contributed by atoms with van der Waals surface area (Å²) < 4.78 is 5.73. The van der Waals surface area contributed by atoms with Crippen LogP contribution in [0.2, 0.25) is 0 Å². The normalized spacial score (nSPS) is 16.1. The molecule has 1 saturated heterocycles. The average molecular weight is 372 g/mol. The Balaban J connectivity index is 0.00000144.